The molecule has 1 N–H and O–H groups in total. The van der Waals surface area contributed by atoms with Gasteiger partial charge in [-0.2, -0.15) is 0 Å². The van der Waals surface area contributed by atoms with Gasteiger partial charge in [-0.25, -0.2) is 4.79 Å². The van der Waals surface area contributed by atoms with E-state index in [2.05, 4.69) is 9.56 Å². The lowest BCUT2D eigenvalue weighted by Crippen LogP contribution is -2.01. The maximum Gasteiger partial charge on any atom is 0.335 e. The van der Waals surface area contributed by atoms with E-state index in [1.165, 1.54) is 24.3 Å². The molecule has 1 aromatic heterocycles. The van der Waals surface area contributed by atoms with Crippen LogP contribution in [0.25, 0.3) is 28.2 Å². The molecule has 37 heavy (non-hydrogen) atoms. The van der Waals surface area contributed by atoms with Gasteiger partial charge in [0, 0.05) is 29.6 Å². The minimum Gasteiger partial charge on any atom is -0.478 e. The second kappa shape index (κ2) is 10.1. The summed E-state index contributed by atoms with van der Waals surface area (Å²) in [6, 6.07) is 34.6. The predicted octanol–water partition coefficient (Wildman–Crippen LogP) is 7.17. The molecule has 0 bridgehead atoms. The second-order valence-corrected chi connectivity index (χ2v) is 8.29. The molecule has 1 heterocycles. The van der Waals surface area contributed by atoms with Gasteiger partial charge in [0.1, 0.15) is 0 Å². The highest BCUT2D eigenvalue weighted by molar-refractivity contribution is 5.95. The third-order valence-corrected chi connectivity index (χ3v) is 5.91. The van der Waals surface area contributed by atoms with E-state index in [1.54, 1.807) is 30.5 Å². The Balaban J connectivity index is 1.74. The number of nitro benzene ring substituents is 1. The molecule has 0 atom stereocenters. The maximum atomic E-state index is 11.4. The van der Waals surface area contributed by atoms with Gasteiger partial charge >= 0.3 is 5.97 Å². The smallest absolute Gasteiger partial charge is 0.335 e. The number of carbonyl (C=O) groups is 1. The van der Waals surface area contributed by atoms with Gasteiger partial charge in [0.15, 0.2) is 0 Å². The van der Waals surface area contributed by atoms with Crippen molar-refractivity contribution in [3.05, 3.63) is 137 Å². The van der Waals surface area contributed by atoms with Crippen molar-refractivity contribution in [2.45, 2.75) is 0 Å². The van der Waals surface area contributed by atoms with Gasteiger partial charge in [0.2, 0.25) is 0 Å². The summed E-state index contributed by atoms with van der Waals surface area (Å²) in [5.74, 6) is -1.02. The Morgan fingerprint density at radius 2 is 1.46 bits per heavy atom. The third-order valence-electron chi connectivity index (χ3n) is 5.91. The SMILES string of the molecule is O=C(O)c1cccc(N=Cc2cc(-c3ccccc3)n(-c3ccc([N+](=O)[O-])cc3)c2-c2ccccc2)c1. The van der Waals surface area contributed by atoms with E-state index in [4.69, 9.17) is 0 Å². The molecular weight excluding hydrogens is 466 g/mol. The first-order valence-electron chi connectivity index (χ1n) is 11.5. The van der Waals surface area contributed by atoms with Crippen LogP contribution in [-0.2, 0) is 0 Å². The molecule has 0 spiro atoms. The van der Waals surface area contributed by atoms with Crippen LogP contribution in [0.3, 0.4) is 0 Å². The van der Waals surface area contributed by atoms with Gasteiger partial charge in [-0.3, -0.25) is 15.1 Å². The van der Waals surface area contributed by atoms with E-state index < -0.39 is 10.9 Å². The van der Waals surface area contributed by atoms with Crippen molar-refractivity contribution in [3.63, 3.8) is 0 Å². The van der Waals surface area contributed by atoms with Crippen LogP contribution < -0.4 is 0 Å². The van der Waals surface area contributed by atoms with Crippen molar-refractivity contribution in [2.75, 3.05) is 0 Å². The molecule has 7 nitrogen and oxygen atoms in total. The number of hydrogen-bond acceptors (Lipinski definition) is 4. The molecule has 0 amide bonds. The van der Waals surface area contributed by atoms with E-state index in [9.17, 15) is 20.0 Å². The van der Waals surface area contributed by atoms with Crippen molar-refractivity contribution in [1.82, 2.24) is 4.57 Å². The van der Waals surface area contributed by atoms with Crippen LogP contribution in [0.2, 0.25) is 0 Å². The number of carboxylic acid groups (broad SMARTS) is 1. The molecule has 180 valence electrons. The van der Waals surface area contributed by atoms with Crippen molar-refractivity contribution >= 4 is 23.6 Å². The Labute approximate surface area is 212 Å². The van der Waals surface area contributed by atoms with E-state index in [1.807, 2.05) is 66.7 Å². The minimum absolute atomic E-state index is 0.0125. The maximum absolute atomic E-state index is 11.4. The number of carboxylic acids is 1. The van der Waals surface area contributed by atoms with Crippen LogP contribution in [0.5, 0.6) is 0 Å². The Morgan fingerprint density at radius 1 is 0.811 bits per heavy atom. The van der Waals surface area contributed by atoms with Crippen molar-refractivity contribution in [2.24, 2.45) is 4.99 Å². The largest absolute Gasteiger partial charge is 0.478 e. The van der Waals surface area contributed by atoms with Gasteiger partial charge in [0.05, 0.1) is 27.6 Å². The van der Waals surface area contributed by atoms with Crippen molar-refractivity contribution in [3.8, 4) is 28.2 Å². The second-order valence-electron chi connectivity index (χ2n) is 8.29. The molecule has 0 aliphatic rings. The van der Waals surface area contributed by atoms with Crippen LogP contribution in [0.15, 0.2) is 120 Å². The number of nitro groups is 1. The molecule has 7 heteroatoms. The molecule has 0 aliphatic heterocycles. The fourth-order valence-electron chi connectivity index (χ4n) is 4.20. The normalized spacial score (nSPS) is 11.0. The summed E-state index contributed by atoms with van der Waals surface area (Å²) in [4.78, 5) is 26.8. The van der Waals surface area contributed by atoms with Gasteiger partial charge in [-0.1, -0.05) is 66.7 Å². The topological polar surface area (TPSA) is 97.7 Å². The van der Waals surface area contributed by atoms with E-state index in [-0.39, 0.29) is 11.3 Å². The summed E-state index contributed by atoms with van der Waals surface area (Å²) in [5, 5.41) is 20.6. The summed E-state index contributed by atoms with van der Waals surface area (Å²) >= 11 is 0. The Morgan fingerprint density at radius 3 is 2.08 bits per heavy atom. The number of aromatic nitrogens is 1. The highest BCUT2D eigenvalue weighted by Crippen LogP contribution is 2.36. The molecule has 0 fully saturated rings. The van der Waals surface area contributed by atoms with Gasteiger partial charge in [0.25, 0.3) is 5.69 Å². The zero-order valence-electron chi connectivity index (χ0n) is 19.6. The van der Waals surface area contributed by atoms with Gasteiger partial charge < -0.3 is 9.67 Å². The number of benzene rings is 4. The first kappa shape index (κ1) is 23.4. The third kappa shape index (κ3) is 4.92. The van der Waals surface area contributed by atoms with E-state index in [0.29, 0.717) is 5.69 Å². The Bertz CT molecular complexity index is 1610. The highest BCUT2D eigenvalue weighted by Gasteiger charge is 2.19. The Kier molecular flexibility index (Phi) is 6.42. The van der Waals surface area contributed by atoms with E-state index >= 15 is 0 Å². The van der Waals surface area contributed by atoms with Gasteiger partial charge in [-0.05, 0) is 47.5 Å². The monoisotopic (exact) mass is 487 g/mol. The lowest BCUT2D eigenvalue weighted by Gasteiger charge is -2.15. The molecule has 0 saturated heterocycles. The molecule has 5 rings (SSSR count). The summed E-state index contributed by atoms with van der Waals surface area (Å²) in [6.07, 6.45) is 1.72. The quantitative estimate of drug-likeness (QED) is 0.149. The summed E-state index contributed by atoms with van der Waals surface area (Å²) in [6.45, 7) is 0. The van der Waals surface area contributed by atoms with E-state index in [0.717, 1.165) is 33.8 Å². The number of rotatable bonds is 7. The fourth-order valence-corrected chi connectivity index (χ4v) is 4.20. The van der Waals surface area contributed by atoms with Crippen LogP contribution in [0.4, 0.5) is 11.4 Å². The zero-order valence-corrected chi connectivity index (χ0v) is 19.6. The van der Waals surface area contributed by atoms with Crippen molar-refractivity contribution in [1.29, 1.82) is 0 Å². The number of aliphatic imine (C=N–C) groups is 1. The molecule has 0 radical (unpaired) electrons. The number of nitrogens with zero attached hydrogens (tertiary/aromatic N) is 3. The van der Waals surface area contributed by atoms with Crippen LogP contribution in [-0.4, -0.2) is 26.8 Å². The standard InChI is InChI=1S/C30H21N3O4/c34-30(35)23-12-7-13-25(18-23)31-20-24-19-28(21-8-3-1-4-9-21)32(29(24)22-10-5-2-6-11-22)26-14-16-27(17-15-26)33(36)37/h1-20H,(H,34,35). The van der Waals surface area contributed by atoms with Crippen LogP contribution in [0.1, 0.15) is 15.9 Å². The first-order chi connectivity index (χ1) is 18.0. The average Bonchev–Trinajstić information content (AvgIpc) is 3.32. The molecule has 0 aliphatic carbocycles. The minimum atomic E-state index is -1.02. The average molecular weight is 488 g/mol. The van der Waals surface area contributed by atoms with Gasteiger partial charge in [-0.15, -0.1) is 0 Å². The number of aromatic carboxylic acids is 1. The highest BCUT2D eigenvalue weighted by atomic mass is 16.6. The molecule has 4 aromatic carbocycles. The predicted molar refractivity (Wildman–Crippen MR) is 144 cm³/mol. The molecular formula is C30H21N3O4. The lowest BCUT2D eigenvalue weighted by molar-refractivity contribution is -0.384. The first-order valence-corrected chi connectivity index (χ1v) is 11.5. The molecule has 0 saturated carbocycles. The summed E-state index contributed by atoms with van der Waals surface area (Å²) in [7, 11) is 0. The summed E-state index contributed by atoms with van der Waals surface area (Å²) in [5.41, 5.74) is 5.89. The number of hydrogen-bond donors (Lipinski definition) is 1. The van der Waals surface area contributed by atoms with Crippen molar-refractivity contribution < 1.29 is 14.8 Å². The summed E-state index contributed by atoms with van der Waals surface area (Å²) < 4.78 is 2.06. The van der Waals surface area contributed by atoms with Crippen LogP contribution >= 0.6 is 0 Å². The lowest BCUT2D eigenvalue weighted by atomic mass is 10.1. The number of non-ortho nitro benzene ring substituents is 1. The Hall–Kier alpha value is -5.30. The fraction of sp³-hybridized carbons (Fsp3) is 0. The molecule has 5 aromatic rings. The molecule has 0 unspecified atom stereocenters. The zero-order chi connectivity index (χ0) is 25.8. The van der Waals surface area contributed by atoms with Crippen LogP contribution in [0, 0.1) is 10.1 Å².